The molecular formula is C18H21NO5S. The van der Waals surface area contributed by atoms with Crippen molar-refractivity contribution in [3.63, 3.8) is 0 Å². The predicted octanol–water partition coefficient (Wildman–Crippen LogP) is 1.83. The van der Waals surface area contributed by atoms with Gasteiger partial charge < -0.3 is 9.47 Å². The van der Waals surface area contributed by atoms with Gasteiger partial charge in [0.2, 0.25) is 0 Å². The third-order valence-corrected chi connectivity index (χ3v) is 6.52. The highest BCUT2D eigenvalue weighted by atomic mass is 32.2. The van der Waals surface area contributed by atoms with Crippen molar-refractivity contribution in [2.45, 2.75) is 16.7 Å². The molecule has 0 spiro atoms. The number of sulfone groups is 1. The molecule has 0 unspecified atom stereocenters. The van der Waals surface area contributed by atoms with Crippen LogP contribution in [-0.2, 0) is 24.1 Å². The molecule has 0 saturated carbocycles. The highest BCUT2D eigenvalue weighted by Gasteiger charge is 2.36. The summed E-state index contributed by atoms with van der Waals surface area (Å²) >= 11 is 0. The van der Waals surface area contributed by atoms with Gasteiger partial charge in [-0.1, -0.05) is 30.3 Å². The zero-order valence-electron chi connectivity index (χ0n) is 14.1. The highest BCUT2D eigenvalue weighted by molar-refractivity contribution is 7.92. The summed E-state index contributed by atoms with van der Waals surface area (Å²) in [7, 11) is -2.46. The second-order valence-electron chi connectivity index (χ2n) is 5.94. The molecule has 1 atom stereocenters. The lowest BCUT2D eigenvalue weighted by Crippen LogP contribution is -2.48. The molecule has 2 aromatic carbocycles. The monoisotopic (exact) mass is 363 g/mol. The fourth-order valence-electron chi connectivity index (χ4n) is 3.03. The van der Waals surface area contributed by atoms with Crippen molar-refractivity contribution in [3.05, 3.63) is 42.5 Å². The number of fused-ring (bicyclic) bond motifs is 1. The fourth-order valence-corrected chi connectivity index (χ4v) is 4.85. The number of benzene rings is 2. The number of hydrogen-bond acceptors (Lipinski definition) is 6. The number of methoxy groups -OCH3 is 1. The lowest BCUT2D eigenvalue weighted by molar-refractivity contribution is -0.141. The van der Waals surface area contributed by atoms with Crippen LogP contribution in [0.15, 0.2) is 47.4 Å². The third kappa shape index (κ3) is 3.84. The van der Waals surface area contributed by atoms with Crippen molar-refractivity contribution >= 4 is 26.6 Å². The van der Waals surface area contributed by atoms with Crippen LogP contribution in [0.3, 0.4) is 0 Å². The minimum absolute atomic E-state index is 0.203. The van der Waals surface area contributed by atoms with Crippen LogP contribution in [0.1, 0.15) is 6.42 Å². The highest BCUT2D eigenvalue weighted by Crippen LogP contribution is 2.26. The predicted molar refractivity (Wildman–Crippen MR) is 93.9 cm³/mol. The van der Waals surface area contributed by atoms with Crippen LogP contribution < -0.4 is 0 Å². The van der Waals surface area contributed by atoms with E-state index in [4.69, 9.17) is 9.47 Å². The Hall–Kier alpha value is -1.96. The summed E-state index contributed by atoms with van der Waals surface area (Å²) in [5, 5.41) is 0.865. The Labute approximate surface area is 147 Å². The second kappa shape index (κ2) is 7.51. The van der Waals surface area contributed by atoms with Gasteiger partial charge in [0.1, 0.15) is 5.37 Å². The normalized spacial score (nSPS) is 17.3. The van der Waals surface area contributed by atoms with E-state index in [9.17, 15) is 13.2 Å². The Bertz CT molecular complexity index is 859. The van der Waals surface area contributed by atoms with E-state index >= 15 is 0 Å². The van der Waals surface area contributed by atoms with E-state index in [0.717, 1.165) is 10.8 Å². The quantitative estimate of drug-likeness (QED) is 0.755. The van der Waals surface area contributed by atoms with Crippen LogP contribution in [0.5, 0.6) is 0 Å². The average molecular weight is 363 g/mol. The summed E-state index contributed by atoms with van der Waals surface area (Å²) in [5.41, 5.74) is 0. The maximum atomic E-state index is 13.2. The van der Waals surface area contributed by atoms with E-state index in [0.29, 0.717) is 26.3 Å². The summed E-state index contributed by atoms with van der Waals surface area (Å²) in [6, 6.07) is 12.6. The van der Waals surface area contributed by atoms with E-state index in [-0.39, 0.29) is 11.3 Å². The van der Waals surface area contributed by atoms with Gasteiger partial charge in [0.25, 0.3) is 0 Å². The van der Waals surface area contributed by atoms with E-state index in [1.165, 1.54) is 7.11 Å². The largest absolute Gasteiger partial charge is 0.469 e. The molecule has 0 aromatic heterocycles. The third-order valence-electron chi connectivity index (χ3n) is 4.43. The summed E-state index contributed by atoms with van der Waals surface area (Å²) < 4.78 is 36.5. The Balaban J connectivity index is 1.99. The lowest BCUT2D eigenvalue weighted by atomic mass is 10.1. The molecule has 0 amide bonds. The molecule has 3 rings (SSSR count). The smallest absolute Gasteiger partial charge is 0.308 e. The number of nitrogens with zero attached hydrogens (tertiary/aromatic N) is 1. The summed E-state index contributed by atoms with van der Waals surface area (Å²) in [6.45, 7) is 1.83. The van der Waals surface area contributed by atoms with Crippen LogP contribution >= 0.6 is 0 Å². The first-order chi connectivity index (χ1) is 12.0. The first kappa shape index (κ1) is 17.8. The molecule has 2 aromatic rings. The topological polar surface area (TPSA) is 72.9 Å². The van der Waals surface area contributed by atoms with Crippen LogP contribution in [-0.4, -0.2) is 58.1 Å². The Morgan fingerprint density at radius 2 is 1.84 bits per heavy atom. The molecule has 1 fully saturated rings. The zero-order valence-corrected chi connectivity index (χ0v) is 14.9. The Morgan fingerprint density at radius 3 is 2.52 bits per heavy atom. The molecule has 0 N–H and O–H groups in total. The van der Waals surface area contributed by atoms with Gasteiger partial charge in [-0.2, -0.15) is 0 Å². The molecule has 0 aliphatic carbocycles. The standard InChI is InChI=1S/C18H21NO5S/c1-23-18(20)13-17(19-8-10-24-11-9-19)25(21,22)16-7-6-14-4-2-3-5-15(14)12-16/h2-7,12,17H,8-11,13H2,1H3/t17-/m0/s1. The van der Waals surface area contributed by atoms with Crippen molar-refractivity contribution < 1.29 is 22.7 Å². The maximum absolute atomic E-state index is 13.2. The number of morpholine rings is 1. The minimum atomic E-state index is -3.73. The second-order valence-corrected chi connectivity index (χ2v) is 8.04. The van der Waals surface area contributed by atoms with Gasteiger partial charge in [-0.15, -0.1) is 0 Å². The number of ether oxygens (including phenoxy) is 2. The first-order valence-electron chi connectivity index (χ1n) is 8.13. The van der Waals surface area contributed by atoms with Crippen LogP contribution in [0.4, 0.5) is 0 Å². The molecule has 134 valence electrons. The molecule has 1 aliphatic heterocycles. The summed E-state index contributed by atoms with van der Waals surface area (Å²) in [6.07, 6.45) is -0.203. The van der Waals surface area contributed by atoms with Gasteiger partial charge in [0.15, 0.2) is 9.84 Å². The van der Waals surface area contributed by atoms with Gasteiger partial charge >= 0.3 is 5.97 Å². The number of carbonyl (C=O) groups excluding carboxylic acids is 1. The molecule has 0 radical (unpaired) electrons. The van der Waals surface area contributed by atoms with Crippen molar-refractivity contribution in [3.8, 4) is 0 Å². The van der Waals surface area contributed by atoms with E-state index in [1.807, 2.05) is 24.3 Å². The number of rotatable bonds is 5. The molecule has 25 heavy (non-hydrogen) atoms. The number of esters is 1. The molecule has 1 aliphatic rings. The molecule has 6 nitrogen and oxygen atoms in total. The van der Waals surface area contributed by atoms with Crippen LogP contribution in [0, 0.1) is 0 Å². The number of carbonyl (C=O) groups is 1. The summed E-state index contributed by atoms with van der Waals surface area (Å²) in [4.78, 5) is 13.8. The molecular weight excluding hydrogens is 342 g/mol. The lowest BCUT2D eigenvalue weighted by Gasteiger charge is -2.33. The molecule has 0 bridgehead atoms. The molecule has 1 heterocycles. The van der Waals surface area contributed by atoms with Gasteiger partial charge in [0, 0.05) is 13.1 Å². The zero-order chi connectivity index (χ0) is 17.9. The van der Waals surface area contributed by atoms with E-state index in [1.54, 1.807) is 23.1 Å². The fraction of sp³-hybridized carbons (Fsp3) is 0.389. The van der Waals surface area contributed by atoms with Gasteiger partial charge in [-0.3, -0.25) is 9.69 Å². The molecule has 7 heteroatoms. The van der Waals surface area contributed by atoms with Crippen LogP contribution in [0.25, 0.3) is 10.8 Å². The van der Waals surface area contributed by atoms with E-state index in [2.05, 4.69) is 0 Å². The van der Waals surface area contributed by atoms with Crippen LogP contribution in [0.2, 0.25) is 0 Å². The minimum Gasteiger partial charge on any atom is -0.469 e. The van der Waals surface area contributed by atoms with Gasteiger partial charge in [-0.05, 0) is 22.9 Å². The first-order valence-corrected chi connectivity index (χ1v) is 9.68. The maximum Gasteiger partial charge on any atom is 0.308 e. The van der Waals surface area contributed by atoms with Gasteiger partial charge in [0.05, 0.1) is 31.6 Å². The molecule has 1 saturated heterocycles. The van der Waals surface area contributed by atoms with E-state index < -0.39 is 21.2 Å². The van der Waals surface area contributed by atoms with Crippen molar-refractivity contribution in [1.82, 2.24) is 4.90 Å². The average Bonchev–Trinajstić information content (AvgIpc) is 2.66. The number of hydrogen-bond donors (Lipinski definition) is 0. The van der Waals surface area contributed by atoms with Crippen molar-refractivity contribution in [2.24, 2.45) is 0 Å². The Morgan fingerprint density at radius 1 is 1.16 bits per heavy atom. The SMILES string of the molecule is COC(=O)C[C@@H](N1CCOCC1)S(=O)(=O)c1ccc2ccccc2c1. The summed E-state index contributed by atoms with van der Waals surface area (Å²) in [5.74, 6) is -0.541. The van der Waals surface area contributed by atoms with Crippen molar-refractivity contribution in [1.29, 1.82) is 0 Å². The van der Waals surface area contributed by atoms with Crippen molar-refractivity contribution in [2.75, 3.05) is 33.4 Å². The Kier molecular flexibility index (Phi) is 5.36. The van der Waals surface area contributed by atoms with Gasteiger partial charge in [-0.25, -0.2) is 8.42 Å².